The zero-order chi connectivity index (χ0) is 18.4. The summed E-state index contributed by atoms with van der Waals surface area (Å²) < 4.78 is 5.98. The van der Waals surface area contributed by atoms with E-state index < -0.39 is 0 Å². The molecule has 0 saturated heterocycles. The van der Waals surface area contributed by atoms with Gasteiger partial charge in [0.2, 0.25) is 5.91 Å². The van der Waals surface area contributed by atoms with Crippen molar-refractivity contribution in [3.05, 3.63) is 59.2 Å². The van der Waals surface area contributed by atoms with Gasteiger partial charge >= 0.3 is 0 Å². The standard InChI is InChI=1S/C19H23N3O2S/c1-13-9-10-14(2)18(11-13)24-12-16-7-5-6-8-17(16)20-19(25)22(4)21-15(3)23/h5-11H,12H2,1-4H3,(H,20,25)(H,21,23). The molecular weight excluding hydrogens is 334 g/mol. The van der Waals surface area contributed by atoms with Gasteiger partial charge in [-0.3, -0.25) is 15.2 Å². The van der Waals surface area contributed by atoms with Gasteiger partial charge in [-0.2, -0.15) is 0 Å². The molecular formula is C19H23N3O2S. The number of rotatable bonds is 4. The van der Waals surface area contributed by atoms with Crippen LogP contribution in [0.15, 0.2) is 42.5 Å². The zero-order valence-corrected chi connectivity index (χ0v) is 15.7. The minimum absolute atomic E-state index is 0.182. The van der Waals surface area contributed by atoms with Crippen LogP contribution in [0.4, 0.5) is 5.69 Å². The Morgan fingerprint density at radius 1 is 1.20 bits per heavy atom. The number of ether oxygens (including phenoxy) is 1. The molecule has 0 aromatic heterocycles. The monoisotopic (exact) mass is 357 g/mol. The highest BCUT2D eigenvalue weighted by molar-refractivity contribution is 7.80. The molecule has 0 saturated carbocycles. The predicted molar refractivity (Wildman–Crippen MR) is 104 cm³/mol. The predicted octanol–water partition coefficient (Wildman–Crippen LogP) is 3.56. The number of hydrogen-bond acceptors (Lipinski definition) is 3. The van der Waals surface area contributed by atoms with Gasteiger partial charge in [-0.25, -0.2) is 0 Å². The van der Waals surface area contributed by atoms with E-state index in [1.54, 1.807) is 7.05 Å². The largest absolute Gasteiger partial charge is 0.489 e. The summed E-state index contributed by atoms with van der Waals surface area (Å²) in [4.78, 5) is 11.1. The third kappa shape index (κ3) is 5.46. The Morgan fingerprint density at radius 2 is 1.92 bits per heavy atom. The minimum atomic E-state index is -0.182. The number of nitrogens with one attached hydrogen (secondary N) is 2. The van der Waals surface area contributed by atoms with Crippen LogP contribution in [0.25, 0.3) is 0 Å². The van der Waals surface area contributed by atoms with Crippen molar-refractivity contribution in [1.29, 1.82) is 0 Å². The molecule has 0 heterocycles. The molecule has 2 N–H and O–H groups in total. The van der Waals surface area contributed by atoms with E-state index in [1.807, 2.05) is 50.2 Å². The summed E-state index contributed by atoms with van der Waals surface area (Å²) in [6.07, 6.45) is 0. The first-order valence-corrected chi connectivity index (χ1v) is 8.37. The van der Waals surface area contributed by atoms with E-state index in [4.69, 9.17) is 17.0 Å². The fraction of sp³-hybridized carbons (Fsp3) is 0.263. The van der Waals surface area contributed by atoms with Gasteiger partial charge in [0.05, 0.1) is 0 Å². The van der Waals surface area contributed by atoms with Crippen LogP contribution in [0, 0.1) is 13.8 Å². The second kappa shape index (κ2) is 8.48. The third-order valence-electron chi connectivity index (χ3n) is 3.62. The van der Waals surface area contributed by atoms with E-state index in [2.05, 4.69) is 16.8 Å². The molecule has 132 valence electrons. The Morgan fingerprint density at radius 3 is 2.64 bits per heavy atom. The molecule has 0 aliphatic carbocycles. The smallest absolute Gasteiger partial charge is 0.235 e. The van der Waals surface area contributed by atoms with Crippen LogP contribution in [0.1, 0.15) is 23.6 Å². The maximum Gasteiger partial charge on any atom is 0.235 e. The normalized spacial score (nSPS) is 10.1. The van der Waals surface area contributed by atoms with Crippen LogP contribution in [-0.2, 0) is 11.4 Å². The molecule has 0 atom stereocenters. The summed E-state index contributed by atoms with van der Waals surface area (Å²) in [7, 11) is 1.69. The summed E-state index contributed by atoms with van der Waals surface area (Å²) in [6.45, 7) is 5.92. The SMILES string of the molecule is CC(=O)NN(C)C(=S)Nc1ccccc1COc1cc(C)ccc1C. The first kappa shape index (κ1) is 18.7. The number of hydrazine groups is 1. The number of nitrogens with zero attached hydrogens (tertiary/aromatic N) is 1. The lowest BCUT2D eigenvalue weighted by Gasteiger charge is -2.22. The number of anilines is 1. The average molecular weight is 357 g/mol. The van der Waals surface area contributed by atoms with Crippen LogP contribution < -0.4 is 15.5 Å². The molecule has 0 bridgehead atoms. The molecule has 0 spiro atoms. The highest BCUT2D eigenvalue weighted by atomic mass is 32.1. The first-order valence-electron chi connectivity index (χ1n) is 7.96. The van der Waals surface area contributed by atoms with Gasteiger partial charge in [0.1, 0.15) is 12.4 Å². The van der Waals surface area contributed by atoms with E-state index in [1.165, 1.54) is 11.9 Å². The van der Waals surface area contributed by atoms with Crippen LogP contribution in [0.5, 0.6) is 5.75 Å². The molecule has 1 amide bonds. The summed E-state index contributed by atoms with van der Waals surface area (Å²) >= 11 is 5.31. The molecule has 2 aromatic rings. The number of amides is 1. The van der Waals surface area contributed by atoms with Crippen molar-refractivity contribution in [2.75, 3.05) is 12.4 Å². The van der Waals surface area contributed by atoms with Crippen LogP contribution in [0.3, 0.4) is 0 Å². The quantitative estimate of drug-likeness (QED) is 0.647. The molecule has 2 rings (SSSR count). The third-order valence-corrected chi connectivity index (χ3v) is 3.99. The molecule has 25 heavy (non-hydrogen) atoms. The second-order valence-corrected chi connectivity index (χ2v) is 6.26. The van der Waals surface area contributed by atoms with E-state index in [0.29, 0.717) is 11.7 Å². The molecule has 0 fully saturated rings. The summed E-state index contributed by atoms with van der Waals surface area (Å²) in [5.41, 5.74) is 6.68. The molecule has 0 aliphatic heterocycles. The van der Waals surface area contributed by atoms with E-state index in [9.17, 15) is 4.79 Å². The first-order chi connectivity index (χ1) is 11.9. The number of aryl methyl sites for hydroxylation is 2. The van der Waals surface area contributed by atoms with Gasteiger partial charge in [-0.15, -0.1) is 0 Å². The van der Waals surface area contributed by atoms with Crippen molar-refractivity contribution in [2.24, 2.45) is 0 Å². The fourth-order valence-electron chi connectivity index (χ4n) is 2.27. The summed E-state index contributed by atoms with van der Waals surface area (Å²) in [5, 5.41) is 5.01. The van der Waals surface area contributed by atoms with Gasteiger partial charge in [0, 0.05) is 25.2 Å². The van der Waals surface area contributed by atoms with Crippen LogP contribution in [-0.4, -0.2) is 23.1 Å². The highest BCUT2D eigenvalue weighted by Crippen LogP contribution is 2.23. The Labute approximate surface area is 154 Å². The van der Waals surface area contributed by atoms with Crippen molar-refractivity contribution in [1.82, 2.24) is 10.4 Å². The van der Waals surface area contributed by atoms with Crippen molar-refractivity contribution >= 4 is 28.9 Å². The van der Waals surface area contributed by atoms with Crippen LogP contribution in [0.2, 0.25) is 0 Å². The van der Waals surface area contributed by atoms with Gasteiger partial charge < -0.3 is 10.1 Å². The van der Waals surface area contributed by atoms with E-state index in [-0.39, 0.29) is 5.91 Å². The lowest BCUT2D eigenvalue weighted by molar-refractivity contribution is -0.121. The lowest BCUT2D eigenvalue weighted by atomic mass is 10.1. The number of benzene rings is 2. The van der Waals surface area contributed by atoms with Gasteiger partial charge in [-0.05, 0) is 49.3 Å². The van der Waals surface area contributed by atoms with Crippen molar-refractivity contribution in [3.8, 4) is 5.75 Å². The van der Waals surface area contributed by atoms with Crippen LogP contribution >= 0.6 is 12.2 Å². The van der Waals surface area contributed by atoms with Crippen molar-refractivity contribution < 1.29 is 9.53 Å². The number of para-hydroxylation sites is 1. The van der Waals surface area contributed by atoms with E-state index >= 15 is 0 Å². The topological polar surface area (TPSA) is 53.6 Å². The summed E-state index contributed by atoms with van der Waals surface area (Å²) in [5.74, 6) is 0.686. The fourth-order valence-corrected chi connectivity index (χ4v) is 2.43. The highest BCUT2D eigenvalue weighted by Gasteiger charge is 2.09. The Kier molecular flexibility index (Phi) is 6.36. The maximum absolute atomic E-state index is 11.1. The Hall–Kier alpha value is -2.60. The number of hydrogen-bond donors (Lipinski definition) is 2. The molecule has 5 nitrogen and oxygen atoms in total. The molecule has 0 unspecified atom stereocenters. The van der Waals surface area contributed by atoms with Gasteiger partial charge in [0.15, 0.2) is 5.11 Å². The summed E-state index contributed by atoms with van der Waals surface area (Å²) in [6, 6.07) is 13.9. The lowest BCUT2D eigenvalue weighted by Crippen LogP contribution is -2.44. The molecule has 2 aromatic carbocycles. The van der Waals surface area contributed by atoms with Gasteiger partial charge in [-0.1, -0.05) is 30.3 Å². The van der Waals surface area contributed by atoms with Crippen molar-refractivity contribution in [2.45, 2.75) is 27.4 Å². The molecule has 6 heteroatoms. The minimum Gasteiger partial charge on any atom is -0.489 e. The number of carbonyl (C=O) groups excluding carboxylic acids is 1. The maximum atomic E-state index is 11.1. The number of carbonyl (C=O) groups is 1. The number of thiocarbonyl (C=S) groups is 1. The zero-order valence-electron chi connectivity index (χ0n) is 14.9. The molecule has 0 aliphatic rings. The molecule has 0 radical (unpaired) electrons. The van der Waals surface area contributed by atoms with Crippen molar-refractivity contribution in [3.63, 3.8) is 0 Å². The Balaban J connectivity index is 2.08. The van der Waals surface area contributed by atoms with E-state index in [0.717, 1.165) is 28.1 Å². The Bertz CT molecular complexity index is 777. The second-order valence-electron chi connectivity index (χ2n) is 5.87. The van der Waals surface area contributed by atoms with Gasteiger partial charge in [0.25, 0.3) is 0 Å². The average Bonchev–Trinajstić information content (AvgIpc) is 2.56.